The summed E-state index contributed by atoms with van der Waals surface area (Å²) in [5, 5.41) is 3.09. The van der Waals surface area contributed by atoms with Crippen LogP contribution in [-0.4, -0.2) is 64.2 Å². The molecule has 1 aliphatic rings. The lowest BCUT2D eigenvalue weighted by Gasteiger charge is -2.33. The van der Waals surface area contributed by atoms with Crippen LogP contribution < -0.4 is 19.1 Å². The third kappa shape index (κ3) is 7.86. The van der Waals surface area contributed by atoms with Gasteiger partial charge in [-0.05, 0) is 49.6 Å². The van der Waals surface area contributed by atoms with Crippen molar-refractivity contribution in [2.45, 2.75) is 57.7 Å². The first-order chi connectivity index (χ1) is 18.0. The Labute approximate surface area is 233 Å². The number of halogens is 1. The fourth-order valence-electron chi connectivity index (χ4n) is 4.53. The smallest absolute Gasteiger partial charge is 0.244 e. The van der Waals surface area contributed by atoms with Gasteiger partial charge in [-0.3, -0.25) is 13.9 Å². The van der Waals surface area contributed by atoms with Gasteiger partial charge in [0.05, 0.1) is 26.2 Å². The second-order valence-corrected chi connectivity index (χ2v) is 12.3. The molecule has 38 heavy (non-hydrogen) atoms. The molecule has 9 nitrogen and oxygen atoms in total. The molecule has 0 aromatic heterocycles. The van der Waals surface area contributed by atoms with Crippen molar-refractivity contribution in [2.24, 2.45) is 0 Å². The first kappa shape index (κ1) is 29.8. The number of sulfonamides is 1. The van der Waals surface area contributed by atoms with Crippen molar-refractivity contribution in [2.75, 3.05) is 31.3 Å². The Balaban J connectivity index is 1.90. The summed E-state index contributed by atoms with van der Waals surface area (Å²) in [5.74, 6) is 0.0118. The molecule has 0 radical (unpaired) electrons. The van der Waals surface area contributed by atoms with Crippen molar-refractivity contribution < 1.29 is 27.5 Å². The molecule has 1 N–H and O–H groups in total. The van der Waals surface area contributed by atoms with E-state index in [0.717, 1.165) is 52.7 Å². The summed E-state index contributed by atoms with van der Waals surface area (Å²) in [6, 6.07) is 11.4. The van der Waals surface area contributed by atoms with Gasteiger partial charge in [-0.2, -0.15) is 0 Å². The minimum Gasteiger partial charge on any atom is -0.493 e. The van der Waals surface area contributed by atoms with Crippen molar-refractivity contribution in [3.8, 4) is 11.5 Å². The summed E-state index contributed by atoms with van der Waals surface area (Å²) in [6.45, 7) is 1.34. The minimum absolute atomic E-state index is 0.0858. The van der Waals surface area contributed by atoms with Crippen molar-refractivity contribution in [3.05, 3.63) is 52.5 Å². The van der Waals surface area contributed by atoms with E-state index >= 15 is 0 Å². The predicted molar refractivity (Wildman–Crippen MR) is 151 cm³/mol. The second-order valence-electron chi connectivity index (χ2n) is 9.48. The van der Waals surface area contributed by atoms with E-state index in [9.17, 15) is 18.0 Å². The maximum atomic E-state index is 13.7. The molecule has 0 saturated heterocycles. The Morgan fingerprint density at radius 3 is 2.24 bits per heavy atom. The molecule has 0 heterocycles. The highest BCUT2D eigenvalue weighted by Gasteiger charge is 2.31. The monoisotopic (exact) mass is 609 g/mol. The van der Waals surface area contributed by atoms with Crippen LogP contribution in [-0.2, 0) is 26.2 Å². The van der Waals surface area contributed by atoms with E-state index in [1.807, 2.05) is 24.3 Å². The van der Waals surface area contributed by atoms with Crippen LogP contribution in [0.3, 0.4) is 0 Å². The van der Waals surface area contributed by atoms with E-state index in [2.05, 4.69) is 21.2 Å². The zero-order valence-corrected chi connectivity index (χ0v) is 24.7. The number of anilines is 1. The van der Waals surface area contributed by atoms with Crippen LogP contribution in [0.4, 0.5) is 5.69 Å². The van der Waals surface area contributed by atoms with Crippen LogP contribution in [0.5, 0.6) is 11.5 Å². The molecule has 208 valence electrons. The number of carbonyl (C=O) groups excluding carboxylic acids is 2. The number of ether oxygens (including phenoxy) is 2. The molecule has 3 rings (SSSR count). The maximum Gasteiger partial charge on any atom is 0.244 e. The number of carbonyl (C=O) groups is 2. The fraction of sp³-hybridized carbons (Fsp3) is 0.481. The number of hydrogen-bond donors (Lipinski definition) is 1. The number of nitrogens with zero attached hydrogens (tertiary/aromatic N) is 2. The molecule has 1 aliphatic carbocycles. The van der Waals surface area contributed by atoms with Crippen molar-refractivity contribution in [3.63, 3.8) is 0 Å². The standard InChI is InChI=1S/C27H36BrN3O6S/c1-19(27(33)29-22-8-6-5-7-9-22)30(17-20-10-12-21(28)13-11-20)26(32)18-31(38(4,34)35)23-14-15-24(36-2)25(16-23)37-3/h10-16,19,22H,5-9,17-18H2,1-4H3,(H,29,33)/t19-/m0/s1. The van der Waals surface area contributed by atoms with E-state index in [-0.39, 0.29) is 24.2 Å². The highest BCUT2D eigenvalue weighted by molar-refractivity contribution is 9.10. The number of amides is 2. The molecule has 0 spiro atoms. The molecule has 2 aromatic rings. The van der Waals surface area contributed by atoms with Gasteiger partial charge in [0.25, 0.3) is 0 Å². The molecule has 0 unspecified atom stereocenters. The van der Waals surface area contributed by atoms with Gasteiger partial charge in [0.15, 0.2) is 11.5 Å². The molecule has 0 aliphatic heterocycles. The van der Waals surface area contributed by atoms with Gasteiger partial charge in [0, 0.05) is 23.1 Å². The van der Waals surface area contributed by atoms with Gasteiger partial charge in [-0.25, -0.2) is 8.42 Å². The van der Waals surface area contributed by atoms with Gasteiger partial charge >= 0.3 is 0 Å². The largest absolute Gasteiger partial charge is 0.493 e. The Morgan fingerprint density at radius 2 is 1.66 bits per heavy atom. The van der Waals surface area contributed by atoms with Gasteiger partial charge in [0.2, 0.25) is 21.8 Å². The molecular formula is C27H36BrN3O6S. The third-order valence-corrected chi connectivity index (χ3v) is 8.39. The zero-order chi connectivity index (χ0) is 27.9. The van der Waals surface area contributed by atoms with Gasteiger partial charge in [-0.1, -0.05) is 47.3 Å². The lowest BCUT2D eigenvalue weighted by Crippen LogP contribution is -2.52. The Kier molecular flexibility index (Phi) is 10.4. The summed E-state index contributed by atoms with van der Waals surface area (Å²) < 4.78 is 38.1. The molecule has 1 fully saturated rings. The fourth-order valence-corrected chi connectivity index (χ4v) is 5.64. The average Bonchev–Trinajstić information content (AvgIpc) is 2.90. The van der Waals surface area contributed by atoms with E-state index < -0.39 is 28.5 Å². The third-order valence-electron chi connectivity index (χ3n) is 6.72. The van der Waals surface area contributed by atoms with Crippen LogP contribution in [0.2, 0.25) is 0 Å². The molecule has 1 saturated carbocycles. The Hall–Kier alpha value is -2.79. The number of nitrogens with one attached hydrogen (secondary N) is 1. The SMILES string of the molecule is COc1ccc(N(CC(=O)N(Cc2ccc(Br)cc2)[C@@H](C)C(=O)NC2CCCCC2)S(C)(=O)=O)cc1OC. The summed E-state index contributed by atoms with van der Waals surface area (Å²) in [5.41, 5.74) is 1.07. The second kappa shape index (κ2) is 13.3. The first-order valence-corrected chi connectivity index (χ1v) is 15.2. The summed E-state index contributed by atoms with van der Waals surface area (Å²) in [7, 11) is -0.926. The van der Waals surface area contributed by atoms with E-state index in [0.29, 0.717) is 11.5 Å². The molecule has 2 aromatic carbocycles. The van der Waals surface area contributed by atoms with E-state index in [1.165, 1.54) is 25.2 Å². The minimum atomic E-state index is -3.86. The normalized spacial score (nSPS) is 14.9. The van der Waals surface area contributed by atoms with Gasteiger partial charge < -0.3 is 19.7 Å². The Morgan fingerprint density at radius 1 is 1.03 bits per heavy atom. The molecule has 11 heteroatoms. The quantitative estimate of drug-likeness (QED) is 0.411. The van der Waals surface area contributed by atoms with Crippen molar-refractivity contribution >= 4 is 43.5 Å². The van der Waals surface area contributed by atoms with Crippen molar-refractivity contribution in [1.82, 2.24) is 10.2 Å². The molecule has 2 amide bonds. The molecular weight excluding hydrogens is 574 g/mol. The average molecular weight is 611 g/mol. The van der Waals surface area contributed by atoms with Crippen LogP contribution >= 0.6 is 15.9 Å². The highest BCUT2D eigenvalue weighted by atomic mass is 79.9. The lowest BCUT2D eigenvalue weighted by molar-refractivity contribution is -0.139. The van der Waals surface area contributed by atoms with Crippen LogP contribution in [0.1, 0.15) is 44.6 Å². The van der Waals surface area contributed by atoms with E-state index in [4.69, 9.17) is 9.47 Å². The lowest BCUT2D eigenvalue weighted by atomic mass is 9.95. The van der Waals surface area contributed by atoms with Gasteiger partial charge in [-0.15, -0.1) is 0 Å². The summed E-state index contributed by atoms with van der Waals surface area (Å²) >= 11 is 3.41. The number of benzene rings is 2. The van der Waals surface area contributed by atoms with Crippen LogP contribution in [0.25, 0.3) is 0 Å². The topological polar surface area (TPSA) is 105 Å². The van der Waals surface area contributed by atoms with Gasteiger partial charge in [0.1, 0.15) is 12.6 Å². The molecule has 0 bridgehead atoms. The summed E-state index contributed by atoms with van der Waals surface area (Å²) in [6.07, 6.45) is 6.16. The molecule has 1 atom stereocenters. The van der Waals surface area contributed by atoms with E-state index in [1.54, 1.807) is 19.1 Å². The number of rotatable bonds is 11. The highest BCUT2D eigenvalue weighted by Crippen LogP contribution is 2.32. The number of methoxy groups -OCH3 is 2. The van der Waals surface area contributed by atoms with Crippen LogP contribution in [0, 0.1) is 0 Å². The zero-order valence-electron chi connectivity index (χ0n) is 22.3. The summed E-state index contributed by atoms with van der Waals surface area (Å²) in [4.78, 5) is 28.4. The first-order valence-electron chi connectivity index (χ1n) is 12.6. The predicted octanol–water partition coefficient (Wildman–Crippen LogP) is 4.10. The number of hydrogen-bond acceptors (Lipinski definition) is 6. The van der Waals surface area contributed by atoms with Crippen LogP contribution in [0.15, 0.2) is 46.9 Å². The van der Waals surface area contributed by atoms with Crippen molar-refractivity contribution in [1.29, 1.82) is 0 Å². The Bertz CT molecular complexity index is 1220. The maximum absolute atomic E-state index is 13.7.